The van der Waals surface area contributed by atoms with Gasteiger partial charge in [0.25, 0.3) is 5.91 Å². The fraction of sp³-hybridized carbons (Fsp3) is 0.333. The summed E-state index contributed by atoms with van der Waals surface area (Å²) in [7, 11) is 0. The Morgan fingerprint density at radius 2 is 1.93 bits per heavy atom. The summed E-state index contributed by atoms with van der Waals surface area (Å²) < 4.78 is 11.0. The predicted octanol–water partition coefficient (Wildman–Crippen LogP) is 3.48. The van der Waals surface area contributed by atoms with Crippen LogP contribution in [0, 0.1) is 5.92 Å². The van der Waals surface area contributed by atoms with Crippen molar-refractivity contribution >= 4 is 23.2 Å². The summed E-state index contributed by atoms with van der Waals surface area (Å²) in [5.74, 6) is 1.60. The Labute approximate surface area is 159 Å². The normalized spacial score (nSPS) is 13.1. The lowest BCUT2D eigenvalue weighted by Gasteiger charge is -2.29. The summed E-state index contributed by atoms with van der Waals surface area (Å²) in [6, 6.07) is 14.6. The van der Waals surface area contributed by atoms with Crippen LogP contribution in [-0.2, 0) is 9.59 Å². The number of para-hydroxylation sites is 2. The maximum atomic E-state index is 12.3. The highest BCUT2D eigenvalue weighted by molar-refractivity contribution is 5.99. The van der Waals surface area contributed by atoms with Crippen LogP contribution in [0.4, 0.5) is 11.4 Å². The lowest BCUT2D eigenvalue weighted by molar-refractivity contribution is -0.121. The second kappa shape index (κ2) is 8.58. The average molecular weight is 368 g/mol. The molecule has 6 heteroatoms. The summed E-state index contributed by atoms with van der Waals surface area (Å²) in [5.41, 5.74) is 1.40. The zero-order valence-electron chi connectivity index (χ0n) is 15.6. The molecule has 1 aliphatic heterocycles. The molecule has 1 aliphatic rings. The molecule has 0 saturated carbocycles. The Morgan fingerprint density at radius 3 is 2.67 bits per heavy atom. The fourth-order valence-electron chi connectivity index (χ4n) is 2.73. The Hall–Kier alpha value is -3.02. The van der Waals surface area contributed by atoms with Crippen LogP contribution in [0.15, 0.2) is 48.5 Å². The molecule has 0 aliphatic carbocycles. The van der Waals surface area contributed by atoms with E-state index < -0.39 is 0 Å². The molecule has 2 aromatic rings. The molecule has 1 heterocycles. The lowest BCUT2D eigenvalue weighted by Crippen LogP contribution is -2.40. The second-order valence-corrected chi connectivity index (χ2v) is 6.83. The van der Waals surface area contributed by atoms with Gasteiger partial charge in [-0.3, -0.25) is 9.59 Å². The third-order valence-corrected chi connectivity index (χ3v) is 4.09. The number of carbonyl (C=O) groups excluding carboxylic acids is 2. The van der Waals surface area contributed by atoms with Crippen molar-refractivity contribution < 1.29 is 19.1 Å². The van der Waals surface area contributed by atoms with Crippen molar-refractivity contribution in [2.24, 2.45) is 5.92 Å². The first-order valence-electron chi connectivity index (χ1n) is 9.08. The van der Waals surface area contributed by atoms with Crippen LogP contribution in [0.3, 0.4) is 0 Å². The van der Waals surface area contributed by atoms with Crippen LogP contribution in [0.25, 0.3) is 0 Å². The fourth-order valence-corrected chi connectivity index (χ4v) is 2.73. The molecule has 6 nitrogen and oxygen atoms in total. The monoisotopic (exact) mass is 368 g/mol. The highest BCUT2D eigenvalue weighted by Crippen LogP contribution is 2.31. The SMILES string of the molecule is CC(C)COc1ccc(NC(=O)CCN2C(=O)COc3ccccc32)cc1. The Bertz CT molecular complexity index is 802. The number of hydrogen-bond acceptors (Lipinski definition) is 4. The molecule has 27 heavy (non-hydrogen) atoms. The van der Waals surface area contributed by atoms with Crippen molar-refractivity contribution in [2.45, 2.75) is 20.3 Å². The number of benzene rings is 2. The minimum absolute atomic E-state index is 0.00350. The molecular weight excluding hydrogens is 344 g/mol. The predicted molar refractivity (Wildman–Crippen MR) is 104 cm³/mol. The number of carbonyl (C=O) groups is 2. The first-order chi connectivity index (χ1) is 13.0. The van der Waals surface area contributed by atoms with Gasteiger partial charge in [0.15, 0.2) is 6.61 Å². The molecule has 0 spiro atoms. The largest absolute Gasteiger partial charge is 0.493 e. The summed E-state index contributed by atoms with van der Waals surface area (Å²) >= 11 is 0. The van der Waals surface area contributed by atoms with Gasteiger partial charge in [-0.1, -0.05) is 26.0 Å². The van der Waals surface area contributed by atoms with Gasteiger partial charge in [-0.05, 0) is 42.3 Å². The molecule has 2 amide bonds. The van der Waals surface area contributed by atoms with E-state index in [2.05, 4.69) is 19.2 Å². The minimum atomic E-state index is -0.150. The van der Waals surface area contributed by atoms with E-state index in [0.717, 1.165) is 5.75 Å². The summed E-state index contributed by atoms with van der Waals surface area (Å²) in [4.78, 5) is 26.0. The molecule has 142 valence electrons. The number of nitrogens with one attached hydrogen (secondary N) is 1. The smallest absolute Gasteiger partial charge is 0.265 e. The topological polar surface area (TPSA) is 67.9 Å². The highest BCUT2D eigenvalue weighted by atomic mass is 16.5. The number of amides is 2. The van der Waals surface area contributed by atoms with Crippen molar-refractivity contribution in [2.75, 3.05) is 30.0 Å². The van der Waals surface area contributed by atoms with E-state index in [-0.39, 0.29) is 24.8 Å². The molecule has 0 unspecified atom stereocenters. The van der Waals surface area contributed by atoms with Crippen LogP contribution < -0.4 is 19.7 Å². The molecule has 1 N–H and O–H groups in total. The first-order valence-corrected chi connectivity index (χ1v) is 9.08. The standard InChI is InChI=1S/C21H24N2O4/c1-15(2)13-26-17-9-7-16(8-10-17)22-20(24)11-12-23-18-5-3-4-6-19(18)27-14-21(23)25/h3-10,15H,11-14H2,1-2H3,(H,22,24). The average Bonchev–Trinajstić information content (AvgIpc) is 2.66. The van der Waals surface area contributed by atoms with Gasteiger partial charge in [-0.15, -0.1) is 0 Å². The lowest BCUT2D eigenvalue weighted by atomic mass is 10.2. The zero-order chi connectivity index (χ0) is 19.2. The minimum Gasteiger partial charge on any atom is -0.493 e. The summed E-state index contributed by atoms with van der Waals surface area (Å²) in [6.07, 6.45) is 0.200. The highest BCUT2D eigenvalue weighted by Gasteiger charge is 2.25. The number of hydrogen-bond donors (Lipinski definition) is 1. The van der Waals surface area contributed by atoms with Gasteiger partial charge in [0.2, 0.25) is 5.91 Å². The molecule has 0 atom stereocenters. The third kappa shape index (κ3) is 5.00. The van der Waals surface area contributed by atoms with E-state index in [4.69, 9.17) is 9.47 Å². The van der Waals surface area contributed by atoms with E-state index in [0.29, 0.717) is 36.2 Å². The second-order valence-electron chi connectivity index (χ2n) is 6.83. The molecule has 0 saturated heterocycles. The van der Waals surface area contributed by atoms with Crippen LogP contribution in [0.2, 0.25) is 0 Å². The molecule has 0 radical (unpaired) electrons. The number of nitrogens with zero attached hydrogens (tertiary/aromatic N) is 1. The van der Waals surface area contributed by atoms with E-state index >= 15 is 0 Å². The Morgan fingerprint density at radius 1 is 1.19 bits per heavy atom. The third-order valence-electron chi connectivity index (χ3n) is 4.09. The molecule has 3 rings (SSSR count). The van der Waals surface area contributed by atoms with Gasteiger partial charge in [0.05, 0.1) is 12.3 Å². The molecule has 0 fully saturated rings. The van der Waals surface area contributed by atoms with Crippen LogP contribution in [0.1, 0.15) is 20.3 Å². The Kier molecular flexibility index (Phi) is 5.96. The van der Waals surface area contributed by atoms with E-state index in [1.165, 1.54) is 0 Å². The van der Waals surface area contributed by atoms with Gasteiger partial charge in [-0.2, -0.15) is 0 Å². The first kappa shape index (κ1) is 18.8. The summed E-state index contributed by atoms with van der Waals surface area (Å²) in [6.45, 7) is 5.14. The van der Waals surface area contributed by atoms with Crippen LogP contribution >= 0.6 is 0 Å². The number of fused-ring (bicyclic) bond motifs is 1. The van der Waals surface area contributed by atoms with Crippen LogP contribution in [-0.4, -0.2) is 31.6 Å². The van der Waals surface area contributed by atoms with E-state index in [9.17, 15) is 9.59 Å². The maximum absolute atomic E-state index is 12.3. The molecule has 0 aromatic heterocycles. The number of ether oxygens (including phenoxy) is 2. The van der Waals surface area contributed by atoms with Crippen molar-refractivity contribution in [3.8, 4) is 11.5 Å². The molecule has 2 aromatic carbocycles. The van der Waals surface area contributed by atoms with Crippen LogP contribution in [0.5, 0.6) is 11.5 Å². The van der Waals surface area contributed by atoms with Crippen molar-refractivity contribution in [1.29, 1.82) is 0 Å². The van der Waals surface area contributed by atoms with Gasteiger partial charge in [0.1, 0.15) is 11.5 Å². The van der Waals surface area contributed by atoms with Gasteiger partial charge >= 0.3 is 0 Å². The molecule has 0 bridgehead atoms. The Balaban J connectivity index is 1.53. The maximum Gasteiger partial charge on any atom is 0.265 e. The van der Waals surface area contributed by atoms with Gasteiger partial charge in [-0.25, -0.2) is 0 Å². The zero-order valence-corrected chi connectivity index (χ0v) is 15.6. The van der Waals surface area contributed by atoms with E-state index in [1.54, 1.807) is 4.90 Å². The van der Waals surface area contributed by atoms with Crippen molar-refractivity contribution in [3.05, 3.63) is 48.5 Å². The molecular formula is C21H24N2O4. The summed E-state index contributed by atoms with van der Waals surface area (Å²) in [5, 5.41) is 2.85. The number of anilines is 2. The van der Waals surface area contributed by atoms with Gasteiger partial charge in [0, 0.05) is 18.7 Å². The number of rotatable bonds is 7. The quantitative estimate of drug-likeness (QED) is 0.812. The van der Waals surface area contributed by atoms with Gasteiger partial charge < -0.3 is 19.7 Å². The van der Waals surface area contributed by atoms with Crippen molar-refractivity contribution in [1.82, 2.24) is 0 Å². The van der Waals surface area contributed by atoms with Crippen molar-refractivity contribution in [3.63, 3.8) is 0 Å². The van der Waals surface area contributed by atoms with E-state index in [1.807, 2.05) is 48.5 Å².